The highest BCUT2D eigenvalue weighted by Crippen LogP contribution is 2.67. The van der Waals surface area contributed by atoms with E-state index in [0.717, 1.165) is 17.2 Å². The molecule has 10 heteroatoms. The van der Waals surface area contributed by atoms with Crippen LogP contribution in [-0.2, 0) is 35.2 Å². The van der Waals surface area contributed by atoms with Crippen LogP contribution in [0.5, 0.6) is 0 Å². The maximum atomic E-state index is 15.5. The van der Waals surface area contributed by atoms with Gasteiger partial charge in [0.2, 0.25) is 0 Å². The topological polar surface area (TPSA) is 74.2 Å². The summed E-state index contributed by atoms with van der Waals surface area (Å²) in [6.07, 6.45) is 0.0666. The molecule has 1 atom stereocenters. The minimum absolute atomic E-state index is 0.00195. The van der Waals surface area contributed by atoms with Crippen molar-refractivity contribution in [1.29, 1.82) is 0 Å². The molecule has 0 fully saturated rings. The molecule has 0 bridgehead atoms. The number of nitrogens with zero attached hydrogens (tertiary/aromatic N) is 1. The van der Waals surface area contributed by atoms with Crippen LogP contribution >= 0.6 is 23.5 Å². The molecule has 0 radical (unpaired) electrons. The minimum Gasteiger partial charge on any atom is -0.458 e. The first-order valence-corrected chi connectivity index (χ1v) is 15.6. The van der Waals surface area contributed by atoms with E-state index in [-0.39, 0.29) is 24.1 Å². The van der Waals surface area contributed by atoms with Crippen molar-refractivity contribution in [3.63, 3.8) is 0 Å². The summed E-state index contributed by atoms with van der Waals surface area (Å²) < 4.78 is 59.4. The second-order valence-corrected chi connectivity index (χ2v) is 13.1. The van der Waals surface area contributed by atoms with Crippen LogP contribution in [0.2, 0.25) is 0 Å². The number of aliphatic imine (C=N–C) groups is 1. The number of carbonyl (C=O) groups is 1. The first kappa shape index (κ1) is 32.8. The first-order chi connectivity index (χ1) is 19.3. The van der Waals surface area contributed by atoms with E-state index < -0.39 is 36.4 Å². The Morgan fingerprint density at radius 1 is 0.902 bits per heavy atom. The third-order valence-corrected chi connectivity index (χ3v) is 8.57. The highest BCUT2D eigenvalue weighted by molar-refractivity contribution is 9.10. The fourth-order valence-corrected chi connectivity index (χ4v) is 6.45. The van der Waals surface area contributed by atoms with Crippen LogP contribution in [0.15, 0.2) is 88.3 Å². The van der Waals surface area contributed by atoms with Crippen LogP contribution in [-0.4, -0.2) is 36.5 Å². The zero-order chi connectivity index (χ0) is 30.3. The second kappa shape index (κ2) is 14.0. The Labute approximate surface area is 248 Å². The summed E-state index contributed by atoms with van der Waals surface area (Å²) in [5, 5.41) is 0. The van der Waals surface area contributed by atoms with Gasteiger partial charge in [-0.15, -0.1) is 0 Å². The van der Waals surface area contributed by atoms with Crippen molar-refractivity contribution < 1.29 is 31.9 Å². The van der Waals surface area contributed by atoms with Crippen LogP contribution in [0.25, 0.3) is 0 Å². The molecule has 0 aliphatic carbocycles. The molecule has 0 saturated heterocycles. The molecule has 0 N–H and O–H groups in total. The lowest BCUT2D eigenvalue weighted by atomic mass is 10.00. The van der Waals surface area contributed by atoms with Gasteiger partial charge in [-0.1, -0.05) is 88.7 Å². The van der Waals surface area contributed by atoms with Gasteiger partial charge < -0.3 is 13.8 Å². The van der Waals surface area contributed by atoms with Gasteiger partial charge in [-0.25, -0.2) is 4.79 Å². The molecule has 3 aromatic rings. The second-order valence-electron chi connectivity index (χ2n) is 10.2. The number of alkyl halides is 2. The van der Waals surface area contributed by atoms with E-state index in [4.69, 9.17) is 18.8 Å². The van der Waals surface area contributed by atoms with Crippen LogP contribution in [0, 0.1) is 0 Å². The number of benzene rings is 3. The fraction of sp³-hybridized carbons (Fsp3) is 0.355. The number of hydrogen-bond donors (Lipinski definition) is 0. The number of esters is 1. The lowest BCUT2D eigenvalue weighted by molar-refractivity contribution is -0.156. The van der Waals surface area contributed by atoms with Gasteiger partial charge in [0.1, 0.15) is 5.60 Å². The summed E-state index contributed by atoms with van der Waals surface area (Å²) in [5.74, 6) is -0.551. The smallest absolute Gasteiger partial charge is 0.404 e. The molecule has 0 heterocycles. The molecule has 3 rings (SSSR count). The lowest BCUT2D eigenvalue weighted by Crippen LogP contribution is -2.33. The van der Waals surface area contributed by atoms with E-state index in [1.165, 1.54) is 26.0 Å². The Morgan fingerprint density at radius 3 is 1.85 bits per heavy atom. The summed E-state index contributed by atoms with van der Waals surface area (Å²) in [5.41, 5.74) is -2.46. The molecule has 0 amide bonds. The number of hydrogen-bond acceptors (Lipinski definition) is 6. The summed E-state index contributed by atoms with van der Waals surface area (Å²) in [4.78, 5) is 18.3. The van der Waals surface area contributed by atoms with Gasteiger partial charge in [0, 0.05) is 27.6 Å². The number of ether oxygens (including phenoxy) is 1. The maximum absolute atomic E-state index is 15.5. The molecule has 3 aromatic carbocycles. The quantitative estimate of drug-likeness (QED) is 0.112. The molecule has 6 nitrogen and oxygen atoms in total. The van der Waals surface area contributed by atoms with Crippen LogP contribution in [0.4, 0.5) is 8.78 Å². The predicted molar refractivity (Wildman–Crippen MR) is 161 cm³/mol. The van der Waals surface area contributed by atoms with Crippen molar-refractivity contribution in [3.8, 4) is 0 Å². The average Bonchev–Trinajstić information content (AvgIpc) is 2.91. The molecule has 0 aromatic heterocycles. The third kappa shape index (κ3) is 8.41. The Bertz CT molecular complexity index is 1340. The molecule has 0 aliphatic heterocycles. The van der Waals surface area contributed by atoms with Gasteiger partial charge >= 0.3 is 19.2 Å². The van der Waals surface area contributed by atoms with E-state index in [2.05, 4.69) is 15.9 Å². The molecule has 0 spiro atoms. The van der Waals surface area contributed by atoms with Crippen molar-refractivity contribution in [2.24, 2.45) is 4.99 Å². The van der Waals surface area contributed by atoms with E-state index in [1.807, 2.05) is 60.7 Å². The van der Waals surface area contributed by atoms with Crippen molar-refractivity contribution >= 4 is 35.2 Å². The predicted octanol–water partition coefficient (Wildman–Crippen LogP) is 8.55. The van der Waals surface area contributed by atoms with Crippen LogP contribution in [0.3, 0.4) is 0 Å². The van der Waals surface area contributed by atoms with Crippen LogP contribution in [0.1, 0.15) is 56.9 Å². The molecule has 220 valence electrons. The number of rotatable bonds is 12. The van der Waals surface area contributed by atoms with E-state index >= 15 is 8.78 Å². The zero-order valence-corrected chi connectivity index (χ0v) is 26.3. The van der Waals surface area contributed by atoms with E-state index in [1.54, 1.807) is 20.8 Å². The van der Waals surface area contributed by atoms with Crippen molar-refractivity contribution in [2.45, 2.75) is 58.3 Å². The summed E-state index contributed by atoms with van der Waals surface area (Å²) in [6.45, 7) is 7.83. The SMILES string of the molecule is CCOP(=O)(OCC)C(F)(F)c1ccc(C[C@H](N=C(c2ccccc2)c2ccccc2)C(=O)OC(C)(C)C)cc1Br. The number of halogens is 3. The van der Waals surface area contributed by atoms with Crippen molar-refractivity contribution in [2.75, 3.05) is 13.2 Å². The largest absolute Gasteiger partial charge is 0.458 e. The first-order valence-electron chi connectivity index (χ1n) is 13.3. The molecule has 0 aliphatic rings. The van der Waals surface area contributed by atoms with Gasteiger partial charge in [0.05, 0.1) is 18.9 Å². The minimum atomic E-state index is -4.80. The lowest BCUT2D eigenvalue weighted by Gasteiger charge is -2.27. The zero-order valence-electron chi connectivity index (χ0n) is 23.8. The Hall–Kier alpha value is -2.71. The molecule has 41 heavy (non-hydrogen) atoms. The van der Waals surface area contributed by atoms with Gasteiger partial charge in [0.25, 0.3) is 0 Å². The summed E-state index contributed by atoms with van der Waals surface area (Å²) in [6, 6.07) is 22.0. The highest BCUT2D eigenvalue weighted by atomic mass is 79.9. The third-order valence-electron chi connectivity index (χ3n) is 5.79. The molecular weight excluding hydrogens is 615 g/mol. The van der Waals surface area contributed by atoms with Gasteiger partial charge in [-0.3, -0.25) is 9.56 Å². The van der Waals surface area contributed by atoms with Gasteiger partial charge in [0.15, 0.2) is 6.04 Å². The summed E-state index contributed by atoms with van der Waals surface area (Å²) in [7, 11) is -4.80. The number of carbonyl (C=O) groups excluding carboxylic acids is 1. The highest BCUT2D eigenvalue weighted by Gasteiger charge is 2.55. The normalized spacial score (nSPS) is 13.0. The Morgan fingerprint density at radius 2 is 1.41 bits per heavy atom. The molecule has 0 unspecified atom stereocenters. The standard InChI is InChI=1S/C31H35BrF2NO5P/c1-6-38-41(37,39-7-2)31(33,34)25-19-18-22(20-26(25)32)21-27(29(36)40-30(3,4)5)35-28(23-14-10-8-11-15-23)24-16-12-9-13-17-24/h8-20,27H,6-7,21H2,1-5H3/t27-/m0/s1. The average molecular weight is 650 g/mol. The molecule has 0 saturated carbocycles. The van der Waals surface area contributed by atoms with E-state index in [0.29, 0.717) is 11.3 Å². The van der Waals surface area contributed by atoms with E-state index in [9.17, 15) is 9.36 Å². The maximum Gasteiger partial charge on any atom is 0.404 e. The molecular formula is C31H35BrF2NO5P. The monoisotopic (exact) mass is 649 g/mol. The van der Waals surface area contributed by atoms with Crippen molar-refractivity contribution in [1.82, 2.24) is 0 Å². The van der Waals surface area contributed by atoms with Gasteiger partial charge in [-0.05, 0) is 46.2 Å². The Kier molecular flexibility index (Phi) is 11.2. The van der Waals surface area contributed by atoms with Crippen LogP contribution < -0.4 is 0 Å². The fourth-order valence-electron chi connectivity index (χ4n) is 4.05. The van der Waals surface area contributed by atoms with Crippen molar-refractivity contribution in [3.05, 3.63) is 106 Å². The summed E-state index contributed by atoms with van der Waals surface area (Å²) >= 11 is 3.21. The Balaban J connectivity index is 2.07. The van der Waals surface area contributed by atoms with Gasteiger partial charge in [-0.2, -0.15) is 8.78 Å².